The van der Waals surface area contributed by atoms with Crippen LogP contribution in [0.15, 0.2) is 30.3 Å². The molecule has 0 saturated heterocycles. The highest BCUT2D eigenvalue weighted by molar-refractivity contribution is 9.08. The van der Waals surface area contributed by atoms with Gasteiger partial charge < -0.3 is 4.74 Å². The number of alkyl halides is 1. The van der Waals surface area contributed by atoms with Gasteiger partial charge in [-0.2, -0.15) is 9.78 Å². The average molecular weight is 355 g/mol. The Balaban J connectivity index is 2.38. The van der Waals surface area contributed by atoms with Crippen LogP contribution >= 0.6 is 15.9 Å². The molecule has 1 aromatic carbocycles. The van der Waals surface area contributed by atoms with E-state index in [1.807, 2.05) is 0 Å². The van der Waals surface area contributed by atoms with E-state index in [1.165, 1.54) is 16.8 Å². The summed E-state index contributed by atoms with van der Waals surface area (Å²) in [6.45, 7) is 5.36. The van der Waals surface area contributed by atoms with Gasteiger partial charge >= 0.3 is 6.09 Å². The van der Waals surface area contributed by atoms with Crippen LogP contribution in [0.5, 0.6) is 0 Å². The molecule has 0 unspecified atom stereocenters. The van der Waals surface area contributed by atoms with Crippen LogP contribution in [-0.4, -0.2) is 21.5 Å². The second kappa shape index (κ2) is 5.97. The Labute approximate surface area is 131 Å². The Morgan fingerprint density at radius 2 is 2.10 bits per heavy atom. The molecule has 0 spiro atoms. The molecule has 0 aliphatic heterocycles. The topological polar surface area (TPSA) is 44.1 Å². The fourth-order valence-electron chi connectivity index (χ4n) is 1.77. The molecule has 0 fully saturated rings. The molecule has 21 heavy (non-hydrogen) atoms. The van der Waals surface area contributed by atoms with Gasteiger partial charge in [-0.05, 0) is 39.0 Å². The van der Waals surface area contributed by atoms with Crippen molar-refractivity contribution in [3.63, 3.8) is 0 Å². The van der Waals surface area contributed by atoms with E-state index < -0.39 is 11.7 Å². The number of hydrogen-bond donors (Lipinski definition) is 0. The molecule has 0 atom stereocenters. The predicted octanol–water partition coefficient (Wildman–Crippen LogP) is 4.37. The third kappa shape index (κ3) is 3.91. The molecule has 0 N–H and O–H groups in total. The van der Waals surface area contributed by atoms with Crippen molar-refractivity contribution in [2.24, 2.45) is 0 Å². The van der Waals surface area contributed by atoms with Gasteiger partial charge in [-0.15, -0.1) is 0 Å². The average Bonchev–Trinajstić information content (AvgIpc) is 2.81. The fraction of sp³-hybridized carbons (Fsp3) is 0.333. The molecule has 0 aliphatic carbocycles. The summed E-state index contributed by atoms with van der Waals surface area (Å²) in [6.07, 6.45) is -0.556. The van der Waals surface area contributed by atoms with Crippen molar-refractivity contribution in [1.82, 2.24) is 9.78 Å². The number of hydrogen-bond acceptors (Lipinski definition) is 3. The monoisotopic (exact) mass is 354 g/mol. The van der Waals surface area contributed by atoms with Crippen LogP contribution < -0.4 is 0 Å². The number of rotatable bonds is 2. The van der Waals surface area contributed by atoms with E-state index in [9.17, 15) is 9.18 Å². The van der Waals surface area contributed by atoms with Crippen molar-refractivity contribution in [3.8, 4) is 11.3 Å². The van der Waals surface area contributed by atoms with E-state index in [0.717, 1.165) is 0 Å². The number of nitrogens with zero attached hydrogens (tertiary/aromatic N) is 2. The lowest BCUT2D eigenvalue weighted by atomic mass is 10.1. The van der Waals surface area contributed by atoms with Crippen molar-refractivity contribution in [2.45, 2.75) is 31.7 Å². The van der Waals surface area contributed by atoms with E-state index >= 15 is 0 Å². The van der Waals surface area contributed by atoms with Crippen LogP contribution in [0.2, 0.25) is 0 Å². The largest absolute Gasteiger partial charge is 0.442 e. The molecule has 0 saturated carbocycles. The maximum atomic E-state index is 13.3. The number of halogens is 2. The highest BCUT2D eigenvalue weighted by Crippen LogP contribution is 2.22. The Morgan fingerprint density at radius 3 is 2.67 bits per heavy atom. The molecular formula is C15H16BrFN2O2. The molecule has 112 valence electrons. The third-order valence-electron chi connectivity index (χ3n) is 2.61. The molecule has 0 aliphatic rings. The second-order valence-electron chi connectivity index (χ2n) is 5.56. The molecule has 2 rings (SSSR count). The first-order valence-corrected chi connectivity index (χ1v) is 7.56. The first-order chi connectivity index (χ1) is 9.80. The smallest absolute Gasteiger partial charge is 0.435 e. The maximum absolute atomic E-state index is 13.3. The number of aromatic nitrogens is 2. The molecule has 1 aromatic heterocycles. The van der Waals surface area contributed by atoms with E-state index in [0.29, 0.717) is 22.3 Å². The zero-order chi connectivity index (χ0) is 15.6. The Bertz CT molecular complexity index is 662. The van der Waals surface area contributed by atoms with E-state index in [-0.39, 0.29) is 5.82 Å². The lowest BCUT2D eigenvalue weighted by Crippen LogP contribution is -2.28. The van der Waals surface area contributed by atoms with Gasteiger partial charge in [0, 0.05) is 10.9 Å². The zero-order valence-electron chi connectivity index (χ0n) is 12.1. The minimum atomic E-state index is -0.606. The minimum Gasteiger partial charge on any atom is -0.442 e. The summed E-state index contributed by atoms with van der Waals surface area (Å²) in [5.41, 5.74) is 1.17. The first kappa shape index (κ1) is 15.7. The van der Waals surface area contributed by atoms with E-state index in [2.05, 4.69) is 21.0 Å². The Morgan fingerprint density at radius 1 is 1.38 bits per heavy atom. The molecule has 0 radical (unpaired) electrons. The summed E-state index contributed by atoms with van der Waals surface area (Å²) in [6, 6.07) is 7.81. The van der Waals surface area contributed by atoms with Crippen LogP contribution in [0.1, 0.15) is 26.5 Å². The third-order valence-corrected chi connectivity index (χ3v) is 3.18. The molecule has 0 amide bonds. The van der Waals surface area contributed by atoms with Gasteiger partial charge in [0.05, 0.1) is 11.4 Å². The summed E-state index contributed by atoms with van der Waals surface area (Å²) in [4.78, 5) is 12.1. The van der Waals surface area contributed by atoms with Crippen LogP contribution in [0, 0.1) is 5.82 Å². The summed E-state index contributed by atoms with van der Waals surface area (Å²) >= 11 is 3.31. The minimum absolute atomic E-state index is 0.347. The molecule has 1 heterocycles. The van der Waals surface area contributed by atoms with Crippen LogP contribution in [0.25, 0.3) is 11.3 Å². The fourth-order valence-corrected chi connectivity index (χ4v) is 2.17. The van der Waals surface area contributed by atoms with Gasteiger partial charge in [-0.25, -0.2) is 9.18 Å². The normalized spacial score (nSPS) is 11.5. The van der Waals surface area contributed by atoms with E-state index in [1.54, 1.807) is 39.0 Å². The molecule has 0 bridgehead atoms. The number of ether oxygens (including phenoxy) is 1. The van der Waals surface area contributed by atoms with Gasteiger partial charge in [0.2, 0.25) is 0 Å². The second-order valence-corrected chi connectivity index (χ2v) is 6.12. The van der Waals surface area contributed by atoms with Gasteiger partial charge in [0.15, 0.2) is 0 Å². The Kier molecular flexibility index (Phi) is 4.46. The number of carbonyl (C=O) groups is 1. The standard InChI is InChI=1S/C15H16BrFN2O2/c1-15(2,3)21-14(20)19-12(9-16)8-13(18-19)10-5-4-6-11(17)7-10/h4-8H,9H2,1-3H3. The van der Waals surface area contributed by atoms with Crippen molar-refractivity contribution in [2.75, 3.05) is 0 Å². The predicted molar refractivity (Wildman–Crippen MR) is 81.9 cm³/mol. The van der Waals surface area contributed by atoms with Crippen molar-refractivity contribution in [3.05, 3.63) is 41.8 Å². The zero-order valence-corrected chi connectivity index (χ0v) is 13.6. The van der Waals surface area contributed by atoms with Crippen LogP contribution in [0.4, 0.5) is 9.18 Å². The van der Waals surface area contributed by atoms with Crippen LogP contribution in [-0.2, 0) is 10.1 Å². The van der Waals surface area contributed by atoms with Gasteiger partial charge in [-0.1, -0.05) is 28.1 Å². The first-order valence-electron chi connectivity index (χ1n) is 6.44. The van der Waals surface area contributed by atoms with Crippen molar-refractivity contribution < 1.29 is 13.9 Å². The highest BCUT2D eigenvalue weighted by Gasteiger charge is 2.21. The quantitative estimate of drug-likeness (QED) is 0.752. The van der Waals surface area contributed by atoms with Crippen LogP contribution in [0.3, 0.4) is 0 Å². The molecule has 6 heteroatoms. The number of carbonyl (C=O) groups excluding carboxylic acids is 1. The molecule has 4 nitrogen and oxygen atoms in total. The lowest BCUT2D eigenvalue weighted by molar-refractivity contribution is 0.0511. The summed E-state index contributed by atoms with van der Waals surface area (Å²) in [5, 5.41) is 4.66. The lowest BCUT2D eigenvalue weighted by Gasteiger charge is -2.19. The maximum Gasteiger partial charge on any atom is 0.435 e. The molecule has 2 aromatic rings. The van der Waals surface area contributed by atoms with Crippen molar-refractivity contribution in [1.29, 1.82) is 0 Å². The summed E-state index contributed by atoms with van der Waals surface area (Å²) in [7, 11) is 0. The number of benzene rings is 1. The molecular weight excluding hydrogens is 339 g/mol. The van der Waals surface area contributed by atoms with Gasteiger partial charge in [0.25, 0.3) is 0 Å². The highest BCUT2D eigenvalue weighted by atomic mass is 79.9. The van der Waals surface area contributed by atoms with E-state index in [4.69, 9.17) is 4.74 Å². The summed E-state index contributed by atoms with van der Waals surface area (Å²) in [5.74, 6) is -0.347. The Hall–Kier alpha value is -1.69. The summed E-state index contributed by atoms with van der Waals surface area (Å²) < 4.78 is 19.8. The van der Waals surface area contributed by atoms with Crippen molar-refractivity contribution >= 4 is 22.0 Å². The SMILES string of the molecule is CC(C)(C)OC(=O)n1nc(-c2cccc(F)c2)cc1CBr. The van der Waals surface area contributed by atoms with Gasteiger partial charge in [0.1, 0.15) is 11.4 Å². The van der Waals surface area contributed by atoms with Gasteiger partial charge in [-0.3, -0.25) is 0 Å².